The minimum absolute atomic E-state index is 0.0902. The number of rotatable bonds is 3. The first kappa shape index (κ1) is 17.5. The molecule has 0 saturated heterocycles. The van der Waals surface area contributed by atoms with Crippen molar-refractivity contribution in [1.29, 1.82) is 0 Å². The van der Waals surface area contributed by atoms with Crippen LogP contribution in [0.2, 0.25) is 0 Å². The Morgan fingerprint density at radius 3 is 2.91 bits per heavy atom. The maximum Gasteiger partial charge on any atom is 0.306 e. The normalized spacial score (nSPS) is 29.9. The van der Waals surface area contributed by atoms with Crippen LogP contribution in [0.15, 0.2) is 48.1 Å². The first-order valence-electron chi connectivity index (χ1n) is 8.62. The third kappa shape index (κ3) is 5.66. The van der Waals surface area contributed by atoms with E-state index < -0.39 is 0 Å². The number of allylic oxidation sites excluding steroid dienone is 6. The van der Waals surface area contributed by atoms with Crippen LogP contribution in [0, 0.1) is 5.92 Å². The van der Waals surface area contributed by atoms with Crippen LogP contribution in [0.25, 0.3) is 0 Å². The summed E-state index contributed by atoms with van der Waals surface area (Å²) < 4.78 is 5.60. The Bertz CT molecular complexity index is 537. The maximum absolute atomic E-state index is 12.0. The molecule has 0 radical (unpaired) electrons. The summed E-state index contributed by atoms with van der Waals surface area (Å²) in [6.45, 7) is 2.08. The SMILES string of the molecule is CC/C=C\C[C@H]1C/C=C2/C(=O)C=C[C@@H]2C/C=C\CCCC(=O)O1. The van der Waals surface area contributed by atoms with Crippen molar-refractivity contribution < 1.29 is 14.3 Å². The smallest absolute Gasteiger partial charge is 0.306 e. The number of ether oxygens (including phenoxy) is 1. The molecule has 0 aromatic rings. The van der Waals surface area contributed by atoms with E-state index in [9.17, 15) is 9.59 Å². The Morgan fingerprint density at radius 2 is 2.09 bits per heavy atom. The lowest BCUT2D eigenvalue weighted by atomic mass is 9.96. The van der Waals surface area contributed by atoms with Crippen LogP contribution in [0.4, 0.5) is 0 Å². The molecule has 2 atom stereocenters. The zero-order chi connectivity index (χ0) is 16.5. The highest BCUT2D eigenvalue weighted by molar-refractivity contribution is 6.07. The summed E-state index contributed by atoms with van der Waals surface area (Å²) in [6.07, 6.45) is 19.0. The van der Waals surface area contributed by atoms with Gasteiger partial charge in [-0.3, -0.25) is 9.59 Å². The van der Waals surface area contributed by atoms with E-state index in [0.29, 0.717) is 19.3 Å². The fraction of sp³-hybridized carbons (Fsp3) is 0.500. The van der Waals surface area contributed by atoms with Crippen molar-refractivity contribution in [3.8, 4) is 0 Å². The van der Waals surface area contributed by atoms with Crippen LogP contribution in [-0.2, 0) is 14.3 Å². The summed E-state index contributed by atoms with van der Waals surface area (Å²) in [6, 6.07) is 0. The molecule has 0 unspecified atom stereocenters. The van der Waals surface area contributed by atoms with Crippen molar-refractivity contribution >= 4 is 11.8 Å². The maximum atomic E-state index is 12.0. The molecule has 3 heteroatoms. The molecule has 0 saturated carbocycles. The molecule has 0 spiro atoms. The number of hydrogen-bond acceptors (Lipinski definition) is 3. The summed E-state index contributed by atoms with van der Waals surface area (Å²) >= 11 is 0. The number of hydrogen-bond donors (Lipinski definition) is 0. The molecule has 0 bridgehead atoms. The van der Waals surface area contributed by atoms with E-state index in [-0.39, 0.29) is 23.8 Å². The zero-order valence-electron chi connectivity index (χ0n) is 13.9. The molecule has 1 aliphatic carbocycles. The molecule has 124 valence electrons. The van der Waals surface area contributed by atoms with Gasteiger partial charge in [0.25, 0.3) is 0 Å². The van der Waals surface area contributed by atoms with Gasteiger partial charge in [-0.2, -0.15) is 0 Å². The molecular weight excluding hydrogens is 288 g/mol. The van der Waals surface area contributed by atoms with Crippen molar-refractivity contribution in [3.63, 3.8) is 0 Å². The lowest BCUT2D eigenvalue weighted by Crippen LogP contribution is -2.17. The first-order chi connectivity index (χ1) is 11.2. The van der Waals surface area contributed by atoms with Crippen molar-refractivity contribution in [2.75, 3.05) is 0 Å². The van der Waals surface area contributed by atoms with Crippen LogP contribution < -0.4 is 0 Å². The Labute approximate surface area is 138 Å². The highest BCUT2D eigenvalue weighted by Crippen LogP contribution is 2.27. The van der Waals surface area contributed by atoms with Gasteiger partial charge in [0.15, 0.2) is 5.78 Å². The van der Waals surface area contributed by atoms with Crippen molar-refractivity contribution in [3.05, 3.63) is 48.1 Å². The Morgan fingerprint density at radius 1 is 1.22 bits per heavy atom. The predicted octanol–water partition coefficient (Wildman–Crippen LogP) is 4.46. The average molecular weight is 314 g/mol. The quantitative estimate of drug-likeness (QED) is 0.571. The molecule has 23 heavy (non-hydrogen) atoms. The summed E-state index contributed by atoms with van der Waals surface area (Å²) in [5, 5.41) is 0. The summed E-state index contributed by atoms with van der Waals surface area (Å²) in [7, 11) is 0. The van der Waals surface area contributed by atoms with Gasteiger partial charge in [-0.05, 0) is 31.8 Å². The van der Waals surface area contributed by atoms with Crippen LogP contribution in [0.5, 0.6) is 0 Å². The first-order valence-corrected chi connectivity index (χ1v) is 8.62. The fourth-order valence-electron chi connectivity index (χ4n) is 2.88. The zero-order valence-corrected chi connectivity index (χ0v) is 13.9. The number of esters is 1. The summed E-state index contributed by atoms with van der Waals surface area (Å²) in [4.78, 5) is 24.0. The number of fused-ring (bicyclic) bond motifs is 1. The summed E-state index contributed by atoms with van der Waals surface area (Å²) in [5.41, 5.74) is 0.842. The second-order valence-corrected chi connectivity index (χ2v) is 6.05. The molecule has 2 rings (SSSR count). The van der Waals surface area contributed by atoms with Crippen LogP contribution in [0.3, 0.4) is 0 Å². The second kappa shape index (κ2) is 9.29. The Hall–Kier alpha value is -1.90. The van der Waals surface area contributed by atoms with E-state index in [0.717, 1.165) is 31.3 Å². The Kier molecular flexibility index (Phi) is 7.05. The fourth-order valence-corrected chi connectivity index (χ4v) is 2.88. The number of carbonyl (C=O) groups is 2. The van der Waals surface area contributed by atoms with Crippen molar-refractivity contribution in [2.24, 2.45) is 5.92 Å². The van der Waals surface area contributed by atoms with Crippen molar-refractivity contribution in [1.82, 2.24) is 0 Å². The van der Waals surface area contributed by atoms with Crippen LogP contribution >= 0.6 is 0 Å². The van der Waals surface area contributed by atoms with Gasteiger partial charge in [-0.25, -0.2) is 0 Å². The van der Waals surface area contributed by atoms with Gasteiger partial charge >= 0.3 is 5.97 Å². The second-order valence-electron chi connectivity index (χ2n) is 6.05. The van der Waals surface area contributed by atoms with E-state index in [1.807, 2.05) is 12.2 Å². The highest BCUT2D eigenvalue weighted by atomic mass is 16.5. The topological polar surface area (TPSA) is 43.4 Å². The minimum atomic E-state index is -0.180. The molecule has 0 aromatic carbocycles. The van der Waals surface area contributed by atoms with Gasteiger partial charge < -0.3 is 4.74 Å². The number of carbonyl (C=O) groups excluding carboxylic acids is 2. The highest BCUT2D eigenvalue weighted by Gasteiger charge is 2.23. The molecule has 1 heterocycles. The lowest BCUT2D eigenvalue weighted by Gasteiger charge is -2.16. The third-order valence-electron chi connectivity index (χ3n) is 4.17. The Balaban J connectivity index is 2.12. The van der Waals surface area contributed by atoms with Crippen LogP contribution in [0.1, 0.15) is 51.9 Å². The molecule has 0 fully saturated rings. The molecular formula is C20H26O3. The van der Waals surface area contributed by atoms with E-state index in [4.69, 9.17) is 4.74 Å². The third-order valence-corrected chi connectivity index (χ3v) is 4.17. The molecule has 0 amide bonds. The lowest BCUT2D eigenvalue weighted by molar-refractivity contribution is -0.148. The van der Waals surface area contributed by atoms with Gasteiger partial charge in [-0.15, -0.1) is 0 Å². The van der Waals surface area contributed by atoms with Gasteiger partial charge in [-0.1, -0.05) is 43.4 Å². The minimum Gasteiger partial charge on any atom is -0.462 e. The molecule has 2 aliphatic rings. The van der Waals surface area contributed by atoms with Crippen molar-refractivity contribution in [2.45, 2.75) is 58.0 Å². The number of ketones is 1. The van der Waals surface area contributed by atoms with Gasteiger partial charge in [0, 0.05) is 30.8 Å². The largest absolute Gasteiger partial charge is 0.462 e. The monoisotopic (exact) mass is 314 g/mol. The average Bonchev–Trinajstić information content (AvgIpc) is 2.88. The van der Waals surface area contributed by atoms with E-state index >= 15 is 0 Å². The standard InChI is InChI=1S/C20H26O3/c1-2-3-6-10-17-13-14-18-16(12-15-19(18)21)9-7-4-5-8-11-20(22)23-17/h3-4,6-7,12,14-17H,2,5,8-11,13H2,1H3/b6-3-,7-4-,18-14+/t16-,17-/m0/s1. The molecule has 0 aromatic heterocycles. The molecule has 0 N–H and O–H groups in total. The predicted molar refractivity (Wildman–Crippen MR) is 91.9 cm³/mol. The van der Waals surface area contributed by atoms with E-state index in [1.165, 1.54) is 0 Å². The van der Waals surface area contributed by atoms with E-state index in [1.54, 1.807) is 6.08 Å². The summed E-state index contributed by atoms with van der Waals surface area (Å²) in [5.74, 6) is 0.118. The van der Waals surface area contributed by atoms with Gasteiger partial charge in [0.1, 0.15) is 6.10 Å². The van der Waals surface area contributed by atoms with Crippen LogP contribution in [-0.4, -0.2) is 17.9 Å². The van der Waals surface area contributed by atoms with Gasteiger partial charge in [0.05, 0.1) is 0 Å². The molecule has 3 nitrogen and oxygen atoms in total. The van der Waals surface area contributed by atoms with E-state index in [2.05, 4.69) is 31.2 Å². The molecule has 1 aliphatic heterocycles. The van der Waals surface area contributed by atoms with Gasteiger partial charge in [0.2, 0.25) is 0 Å². The number of cyclic esters (lactones) is 1.